The molecule has 0 radical (unpaired) electrons. The van der Waals surface area contributed by atoms with Gasteiger partial charge in [0, 0.05) is 12.2 Å². The van der Waals surface area contributed by atoms with E-state index in [4.69, 9.17) is 9.47 Å². The number of benzene rings is 1. The van der Waals surface area contributed by atoms with Crippen molar-refractivity contribution < 1.29 is 27.5 Å². The third kappa shape index (κ3) is 3.95. The van der Waals surface area contributed by atoms with Gasteiger partial charge in [0.2, 0.25) is 0 Å². The maximum absolute atomic E-state index is 12.2. The summed E-state index contributed by atoms with van der Waals surface area (Å²) in [5.41, 5.74) is -1.68. The Hall–Kier alpha value is -2.09. The first-order chi connectivity index (χ1) is 11.4. The molecule has 0 heterocycles. The second-order valence-electron chi connectivity index (χ2n) is 7.18. The summed E-state index contributed by atoms with van der Waals surface area (Å²) in [5, 5.41) is 1.42. The number of sulfone groups is 1. The number of ether oxygens (including phenoxy) is 2. The Kier molecular flexibility index (Phi) is 4.87. The van der Waals surface area contributed by atoms with E-state index in [-0.39, 0.29) is 0 Å². The van der Waals surface area contributed by atoms with E-state index < -0.39 is 38.2 Å². The van der Waals surface area contributed by atoms with Gasteiger partial charge in [-0.3, -0.25) is 0 Å². The summed E-state index contributed by atoms with van der Waals surface area (Å²) < 4.78 is 34.6. The van der Waals surface area contributed by atoms with Gasteiger partial charge in [0.1, 0.15) is 28.4 Å². The lowest BCUT2D eigenvalue weighted by Crippen LogP contribution is -2.45. The fraction of sp³-hybridized carbons (Fsp3) is 0.529. The number of hydrogen-bond donors (Lipinski definition) is 1. The van der Waals surface area contributed by atoms with Crippen molar-refractivity contribution in [1.29, 1.82) is 0 Å². The molecule has 1 aliphatic carbocycles. The summed E-state index contributed by atoms with van der Waals surface area (Å²) in [5.74, 6) is -0.0736. The molecule has 1 aromatic rings. The zero-order valence-corrected chi connectivity index (χ0v) is 15.7. The van der Waals surface area contributed by atoms with Crippen molar-refractivity contribution in [3.05, 3.63) is 29.8 Å². The molecule has 1 amide bonds. The molecular weight excluding hydrogens is 346 g/mol. The monoisotopic (exact) mass is 369 g/mol. The van der Waals surface area contributed by atoms with Gasteiger partial charge in [-0.05, 0) is 38.5 Å². The molecule has 138 valence electrons. The minimum Gasteiger partial charge on any atom is -0.497 e. The lowest BCUT2D eigenvalue weighted by Gasteiger charge is -2.22. The minimum absolute atomic E-state index is 0.484. The molecule has 8 heteroatoms. The topological polar surface area (TPSA) is 98.8 Å². The quantitative estimate of drug-likeness (QED) is 0.793. The molecule has 2 rings (SSSR count). The second-order valence-corrected chi connectivity index (χ2v) is 9.35. The minimum atomic E-state index is -3.58. The Morgan fingerprint density at radius 1 is 1.24 bits per heavy atom. The highest BCUT2D eigenvalue weighted by Gasteiger charge is 2.71. The predicted octanol–water partition coefficient (Wildman–Crippen LogP) is 1.67. The van der Waals surface area contributed by atoms with E-state index in [0.29, 0.717) is 17.6 Å². The molecule has 0 aliphatic heterocycles. The Balaban J connectivity index is 2.36. The van der Waals surface area contributed by atoms with Crippen LogP contribution in [-0.4, -0.2) is 50.6 Å². The number of hydrogen-bond acceptors (Lipinski definition) is 6. The summed E-state index contributed by atoms with van der Waals surface area (Å²) in [6.45, 7) is 5.05. The maximum atomic E-state index is 12.2. The molecule has 0 bridgehead atoms. The SMILES string of the molecule is COc1ccc([C@@H]2[C@H](S(C)(=O)=O)[C@@]2(C=O)NC(=O)OC(C)(C)C)cc1. The average molecular weight is 369 g/mol. The van der Waals surface area contributed by atoms with E-state index in [1.807, 2.05) is 0 Å². The molecule has 1 fully saturated rings. The van der Waals surface area contributed by atoms with Crippen LogP contribution in [-0.2, 0) is 19.4 Å². The predicted molar refractivity (Wildman–Crippen MR) is 92.5 cm³/mol. The van der Waals surface area contributed by atoms with Crippen LogP contribution in [0.15, 0.2) is 24.3 Å². The van der Waals surface area contributed by atoms with Gasteiger partial charge in [-0.25, -0.2) is 13.2 Å². The van der Waals surface area contributed by atoms with Gasteiger partial charge < -0.3 is 19.6 Å². The highest BCUT2D eigenvalue weighted by atomic mass is 32.2. The van der Waals surface area contributed by atoms with Gasteiger partial charge >= 0.3 is 6.09 Å². The van der Waals surface area contributed by atoms with Gasteiger partial charge in [-0.15, -0.1) is 0 Å². The van der Waals surface area contributed by atoms with E-state index in [0.717, 1.165) is 6.26 Å². The molecule has 3 atom stereocenters. The van der Waals surface area contributed by atoms with Gasteiger partial charge in [0.15, 0.2) is 9.84 Å². The number of nitrogens with one attached hydrogen (secondary N) is 1. The van der Waals surface area contributed by atoms with Crippen LogP contribution in [0.2, 0.25) is 0 Å². The van der Waals surface area contributed by atoms with Gasteiger partial charge in [-0.1, -0.05) is 12.1 Å². The number of rotatable bonds is 5. The van der Waals surface area contributed by atoms with Crippen LogP contribution >= 0.6 is 0 Å². The van der Waals surface area contributed by atoms with Crippen LogP contribution in [0.3, 0.4) is 0 Å². The molecule has 1 saturated carbocycles. The number of aldehydes is 1. The molecule has 25 heavy (non-hydrogen) atoms. The number of alkyl carbamates (subject to hydrolysis) is 1. The van der Waals surface area contributed by atoms with E-state index in [9.17, 15) is 18.0 Å². The molecule has 1 aromatic carbocycles. The van der Waals surface area contributed by atoms with Crippen LogP contribution in [0.1, 0.15) is 32.3 Å². The van der Waals surface area contributed by atoms with Crippen molar-refractivity contribution in [2.45, 2.75) is 43.1 Å². The number of carbonyl (C=O) groups is 2. The van der Waals surface area contributed by atoms with Crippen molar-refractivity contribution in [3.63, 3.8) is 0 Å². The van der Waals surface area contributed by atoms with Crippen molar-refractivity contribution in [3.8, 4) is 5.75 Å². The lowest BCUT2D eigenvalue weighted by atomic mass is 10.1. The fourth-order valence-corrected chi connectivity index (χ4v) is 4.80. The molecule has 0 unspecified atom stereocenters. The van der Waals surface area contributed by atoms with Crippen molar-refractivity contribution in [2.24, 2.45) is 0 Å². The molecule has 0 aromatic heterocycles. The van der Waals surface area contributed by atoms with Gasteiger partial charge in [-0.2, -0.15) is 0 Å². The first-order valence-corrected chi connectivity index (χ1v) is 9.70. The lowest BCUT2D eigenvalue weighted by molar-refractivity contribution is -0.110. The zero-order valence-electron chi connectivity index (χ0n) is 14.9. The fourth-order valence-electron chi connectivity index (χ4n) is 3.04. The van der Waals surface area contributed by atoms with Gasteiger partial charge in [0.25, 0.3) is 0 Å². The first kappa shape index (κ1) is 19.2. The largest absolute Gasteiger partial charge is 0.497 e. The highest BCUT2D eigenvalue weighted by Crippen LogP contribution is 2.54. The average Bonchev–Trinajstić information content (AvgIpc) is 3.14. The standard InChI is InChI=1S/C17H23NO6S/c1-16(2,3)24-15(20)18-17(10-19)13(14(17)25(5,21)22)11-6-8-12(23-4)9-7-11/h6-10,13-14H,1-5H3,(H,18,20)/t13-,14+,17+/m1/s1. The van der Waals surface area contributed by atoms with Gasteiger partial charge in [0.05, 0.1) is 7.11 Å². The Bertz CT molecular complexity index is 765. The molecule has 1 aliphatic rings. The van der Waals surface area contributed by atoms with Crippen LogP contribution in [0.4, 0.5) is 4.79 Å². The Morgan fingerprint density at radius 2 is 1.80 bits per heavy atom. The number of carbonyl (C=O) groups excluding carboxylic acids is 2. The van der Waals surface area contributed by atoms with E-state index >= 15 is 0 Å². The molecular formula is C17H23NO6S. The second kappa shape index (κ2) is 6.33. The Labute approximate surface area is 147 Å². The Morgan fingerprint density at radius 3 is 2.20 bits per heavy atom. The summed E-state index contributed by atoms with van der Waals surface area (Å²) in [7, 11) is -2.07. The highest BCUT2D eigenvalue weighted by molar-refractivity contribution is 7.91. The molecule has 0 spiro atoms. The normalized spacial score (nSPS) is 25.8. The van der Waals surface area contributed by atoms with Crippen LogP contribution < -0.4 is 10.1 Å². The smallest absolute Gasteiger partial charge is 0.408 e. The van der Waals surface area contributed by atoms with Crippen LogP contribution in [0.5, 0.6) is 5.75 Å². The van der Waals surface area contributed by atoms with Crippen molar-refractivity contribution in [1.82, 2.24) is 5.32 Å². The van der Waals surface area contributed by atoms with E-state index in [2.05, 4.69) is 5.32 Å². The van der Waals surface area contributed by atoms with Crippen molar-refractivity contribution >= 4 is 22.2 Å². The first-order valence-electron chi connectivity index (χ1n) is 7.75. The van der Waals surface area contributed by atoms with Crippen LogP contribution in [0, 0.1) is 0 Å². The van der Waals surface area contributed by atoms with E-state index in [1.165, 1.54) is 7.11 Å². The third-order valence-corrected chi connectivity index (χ3v) is 5.61. The summed E-state index contributed by atoms with van der Waals surface area (Å²) in [4.78, 5) is 23.9. The molecule has 7 nitrogen and oxygen atoms in total. The van der Waals surface area contributed by atoms with E-state index in [1.54, 1.807) is 45.0 Å². The molecule has 1 N–H and O–H groups in total. The van der Waals surface area contributed by atoms with Crippen LogP contribution in [0.25, 0.3) is 0 Å². The zero-order chi connectivity index (χ0) is 19.0. The maximum Gasteiger partial charge on any atom is 0.408 e. The number of amides is 1. The third-order valence-electron chi connectivity index (χ3n) is 4.03. The summed E-state index contributed by atoms with van der Waals surface area (Å²) in [6.07, 6.45) is 0.706. The van der Waals surface area contributed by atoms with Crippen molar-refractivity contribution in [2.75, 3.05) is 13.4 Å². The summed E-state index contributed by atoms with van der Waals surface area (Å²) >= 11 is 0. The molecule has 0 saturated heterocycles. The summed E-state index contributed by atoms with van der Waals surface area (Å²) in [6, 6.07) is 6.72. The number of methoxy groups -OCH3 is 1.